The Balaban J connectivity index is 1.50. The summed E-state index contributed by atoms with van der Waals surface area (Å²) in [6.07, 6.45) is -6.15. The van der Waals surface area contributed by atoms with Crippen molar-refractivity contribution in [2.24, 2.45) is 33.8 Å². The average molecular weight is 812 g/mol. The van der Waals surface area contributed by atoms with Crippen LogP contribution in [0.2, 0.25) is 0 Å². The van der Waals surface area contributed by atoms with Crippen LogP contribution in [-0.4, -0.2) is 142 Å². The van der Waals surface area contributed by atoms with Gasteiger partial charge in [-0.05, 0) is 79.1 Å². The van der Waals surface area contributed by atoms with Crippen molar-refractivity contribution in [3.8, 4) is 0 Å². The Labute approximate surface area is 340 Å². The van der Waals surface area contributed by atoms with Gasteiger partial charge < -0.3 is 48.6 Å². The molecule has 3 N–H and O–H groups in total. The summed E-state index contributed by atoms with van der Waals surface area (Å²) in [7, 11) is 3.74. The minimum absolute atomic E-state index is 0.0298. The lowest BCUT2D eigenvalue weighted by atomic mass is 9.73. The van der Waals surface area contributed by atoms with Crippen LogP contribution in [0.4, 0.5) is 0 Å². The number of aliphatic hydroxyl groups is 2. The van der Waals surface area contributed by atoms with Crippen molar-refractivity contribution in [2.75, 3.05) is 27.3 Å². The highest BCUT2D eigenvalue weighted by Gasteiger charge is 2.53. The molecule has 4 bridgehead atoms. The summed E-state index contributed by atoms with van der Waals surface area (Å²) in [5, 5.41) is 28.5. The number of hydrogen-bond donors (Lipinski definition) is 3. The number of nitrogens with zero attached hydrogens (tertiary/aromatic N) is 4. The van der Waals surface area contributed by atoms with E-state index in [2.05, 4.69) is 15.1 Å². The summed E-state index contributed by atoms with van der Waals surface area (Å²) in [6.45, 7) is 13.4. The molecule has 1 unspecified atom stereocenters. The molecule has 6 rings (SSSR count). The van der Waals surface area contributed by atoms with Crippen LogP contribution in [0, 0.1) is 23.7 Å². The zero-order valence-corrected chi connectivity index (χ0v) is 35.3. The number of ketones is 1. The smallest absolute Gasteiger partial charge is 0.316 e. The topological polar surface area (TPSA) is 204 Å². The second-order valence-electron chi connectivity index (χ2n) is 17.4. The van der Waals surface area contributed by atoms with Crippen molar-refractivity contribution in [3.63, 3.8) is 0 Å². The van der Waals surface area contributed by atoms with Crippen molar-refractivity contribution in [1.29, 1.82) is 0 Å². The van der Waals surface area contributed by atoms with Crippen LogP contribution in [0.5, 0.6) is 0 Å². The lowest BCUT2D eigenvalue weighted by Gasteiger charge is -2.47. The highest BCUT2D eigenvalue weighted by Crippen LogP contribution is 2.40. The predicted octanol–water partition coefficient (Wildman–Crippen LogP) is 3.40. The zero-order valence-electron chi connectivity index (χ0n) is 35.3. The van der Waals surface area contributed by atoms with E-state index in [-0.39, 0.29) is 50.3 Å². The predicted molar refractivity (Wildman–Crippen MR) is 213 cm³/mol. The monoisotopic (exact) mass is 811 g/mol. The third-order valence-corrected chi connectivity index (χ3v) is 12.5. The number of Topliss-reactive ketones (excluding diaryl/α,β-unsaturated/α-hetero) is 1. The van der Waals surface area contributed by atoms with Crippen LogP contribution in [0.25, 0.3) is 11.0 Å². The van der Waals surface area contributed by atoms with E-state index in [0.29, 0.717) is 18.0 Å². The third kappa shape index (κ3) is 8.93. The standard InChI is InChI=1S/C42H61N5O11/c1-11-31-42(8,52)37-23(4)33-21(2)18-41(7,36(24(5)34(48)25(6)39(51)56-31)57-40-35(49)29(47(9)10)16-22(3)55-40)54-20-26(19-53-37)46-58-30(38(50)45-33)17-32-43-27-14-12-13-15-28(27)44-32/h12-15,21-25,29-31,35-37,40,49,52H,11,16-20H2,1-10H3,(H,43,44)/b45-33?,46-26+/t21-,22-,23-,24+,25-,29+,30?,31-,35-,36-,37+,40+,41-,42-/m1/s1. The van der Waals surface area contributed by atoms with Gasteiger partial charge in [0.05, 0.1) is 54.6 Å². The maximum Gasteiger partial charge on any atom is 0.316 e. The summed E-state index contributed by atoms with van der Waals surface area (Å²) in [4.78, 5) is 63.3. The summed E-state index contributed by atoms with van der Waals surface area (Å²) >= 11 is 0. The Morgan fingerprint density at radius 1 is 1.03 bits per heavy atom. The minimum atomic E-state index is -1.84. The summed E-state index contributed by atoms with van der Waals surface area (Å²) in [5.74, 6) is -4.98. The fourth-order valence-corrected chi connectivity index (χ4v) is 9.21. The van der Waals surface area contributed by atoms with Gasteiger partial charge in [0.25, 0.3) is 5.91 Å². The van der Waals surface area contributed by atoms with Gasteiger partial charge in [0.2, 0.25) is 6.10 Å². The fraction of sp³-hybridized carbons (Fsp3) is 0.714. The molecule has 58 heavy (non-hydrogen) atoms. The fourth-order valence-electron chi connectivity index (χ4n) is 9.21. The first kappa shape index (κ1) is 43.9. The molecule has 14 atom stereocenters. The highest BCUT2D eigenvalue weighted by molar-refractivity contribution is 6.01. The zero-order chi connectivity index (χ0) is 42.3. The van der Waals surface area contributed by atoms with Gasteiger partial charge in [0, 0.05) is 23.6 Å². The molecule has 0 radical (unpaired) electrons. The van der Waals surface area contributed by atoms with E-state index < -0.39 is 89.3 Å². The average Bonchev–Trinajstić information content (AvgIpc) is 3.58. The van der Waals surface area contributed by atoms with Crippen LogP contribution >= 0.6 is 0 Å². The third-order valence-electron chi connectivity index (χ3n) is 12.5. The number of benzene rings is 1. The van der Waals surface area contributed by atoms with Gasteiger partial charge in [0.1, 0.15) is 35.3 Å². The highest BCUT2D eigenvalue weighted by atomic mass is 16.7. The minimum Gasteiger partial charge on any atom is -0.459 e. The maximum atomic E-state index is 14.5. The number of aromatic nitrogens is 2. The second-order valence-corrected chi connectivity index (χ2v) is 17.4. The molecule has 2 aromatic rings. The van der Waals surface area contributed by atoms with Crippen molar-refractivity contribution in [3.05, 3.63) is 30.1 Å². The molecule has 1 amide bonds. The Morgan fingerprint density at radius 2 is 1.76 bits per heavy atom. The number of rotatable bonds is 6. The van der Waals surface area contributed by atoms with Crippen LogP contribution in [0.1, 0.15) is 80.5 Å². The maximum absolute atomic E-state index is 14.5. The number of aliphatic imine (C=N–C) groups is 1. The molecule has 4 aliphatic heterocycles. The normalized spacial score (nSPS) is 40.5. The number of ether oxygens (including phenoxy) is 5. The van der Waals surface area contributed by atoms with Crippen molar-refractivity contribution in [1.82, 2.24) is 14.9 Å². The van der Waals surface area contributed by atoms with Gasteiger partial charge in [-0.3, -0.25) is 14.4 Å². The number of cyclic esters (lactones) is 1. The van der Waals surface area contributed by atoms with Crippen molar-refractivity contribution in [2.45, 2.75) is 141 Å². The molecule has 16 heteroatoms. The largest absolute Gasteiger partial charge is 0.459 e. The molecule has 0 saturated carbocycles. The number of para-hydroxylation sites is 2. The Bertz CT molecular complexity index is 1850. The number of amides is 1. The van der Waals surface area contributed by atoms with Gasteiger partial charge in [-0.1, -0.05) is 45.0 Å². The Morgan fingerprint density at radius 3 is 2.45 bits per heavy atom. The number of imidazole rings is 1. The molecule has 0 spiro atoms. The molecule has 0 aliphatic carbocycles. The number of carbonyl (C=O) groups excluding carboxylic acids is 3. The van der Waals surface area contributed by atoms with Crippen molar-refractivity contribution >= 4 is 40.1 Å². The van der Waals surface area contributed by atoms with Crippen LogP contribution in [0.15, 0.2) is 34.4 Å². The molecule has 1 aromatic heterocycles. The quantitative estimate of drug-likeness (QED) is 0.283. The molecule has 3 saturated heterocycles. The number of oxime groups is 1. The number of fused-ring (bicyclic) bond motifs is 5. The molecule has 3 fully saturated rings. The van der Waals surface area contributed by atoms with E-state index in [4.69, 9.17) is 33.5 Å². The number of nitrogens with one attached hydrogen (secondary N) is 1. The molecular formula is C42H61N5O11. The summed E-state index contributed by atoms with van der Waals surface area (Å²) in [5.41, 5.74) is -1.07. The molecule has 5 heterocycles. The number of aliphatic hydroxyl groups excluding tert-OH is 1. The van der Waals surface area contributed by atoms with E-state index in [9.17, 15) is 24.6 Å². The molecule has 16 nitrogen and oxygen atoms in total. The van der Waals surface area contributed by atoms with E-state index in [1.165, 1.54) is 13.8 Å². The van der Waals surface area contributed by atoms with Gasteiger partial charge in [0.15, 0.2) is 12.1 Å². The SMILES string of the molecule is CC[C@H]1OC(=O)[C@H](C)C(=O)[C@H](C)[C@@H](O[C@@H]2O[C@H](C)C[C@H](N(C)C)[C@H]2O)[C@@]2(C)C[C@@H](C)C3=NC(=O)C(Cc4nc5ccccc5[nH]4)O/N=C(\CO[C@@H]([C@@H]3C)[C@]1(C)O)CO2. The molecule has 1 aromatic carbocycles. The lowest BCUT2D eigenvalue weighted by molar-refractivity contribution is -0.296. The number of esters is 1. The first-order chi connectivity index (χ1) is 27.3. The van der Waals surface area contributed by atoms with E-state index >= 15 is 0 Å². The molecule has 320 valence electrons. The first-order valence-electron chi connectivity index (χ1n) is 20.5. The second kappa shape index (κ2) is 17.5. The molecular weight excluding hydrogens is 750 g/mol. The van der Waals surface area contributed by atoms with Gasteiger partial charge in [-0.2, -0.15) is 0 Å². The van der Waals surface area contributed by atoms with E-state index in [1.54, 1.807) is 20.8 Å². The number of H-pyrrole nitrogens is 1. The van der Waals surface area contributed by atoms with Crippen molar-refractivity contribution < 1.29 is 53.1 Å². The number of hydrogen-bond acceptors (Lipinski definition) is 14. The molecule has 4 aliphatic rings. The van der Waals surface area contributed by atoms with Crippen LogP contribution in [-0.2, 0) is 49.3 Å². The van der Waals surface area contributed by atoms with E-state index in [0.717, 1.165) is 11.0 Å². The first-order valence-corrected chi connectivity index (χ1v) is 20.5. The van der Waals surface area contributed by atoms with Crippen LogP contribution < -0.4 is 0 Å². The van der Waals surface area contributed by atoms with E-state index in [1.807, 2.05) is 64.0 Å². The Kier molecular flexibility index (Phi) is 13.3. The summed E-state index contributed by atoms with van der Waals surface area (Å²) in [6, 6.07) is 7.20. The Hall–Kier alpha value is -3.64. The van der Waals surface area contributed by atoms with Gasteiger partial charge >= 0.3 is 5.97 Å². The number of carbonyl (C=O) groups is 3. The number of aromatic amines is 1. The van der Waals surface area contributed by atoms with Crippen LogP contribution in [0.3, 0.4) is 0 Å². The van der Waals surface area contributed by atoms with Gasteiger partial charge in [-0.15, -0.1) is 0 Å². The number of likely N-dealkylation sites (N-methyl/N-ethyl adjacent to an activating group) is 1. The van der Waals surface area contributed by atoms with Gasteiger partial charge in [-0.25, -0.2) is 9.98 Å². The lowest BCUT2D eigenvalue weighted by Crippen LogP contribution is -2.60. The summed E-state index contributed by atoms with van der Waals surface area (Å²) < 4.78 is 32.4.